The average Bonchev–Trinajstić information content (AvgIpc) is 2.32. The number of alkyl halides is 2. The highest BCUT2D eigenvalue weighted by Crippen LogP contribution is 2.36. The van der Waals surface area contributed by atoms with E-state index in [1.54, 1.807) is 18.3 Å². The van der Waals surface area contributed by atoms with Crippen molar-refractivity contribution in [3.05, 3.63) is 22.8 Å². The Morgan fingerprint density at radius 3 is 2.72 bits per heavy atom. The molecule has 1 aromatic heterocycles. The Bertz CT molecular complexity index is 443. The smallest absolute Gasteiger partial charge is 0.248 e. The summed E-state index contributed by atoms with van der Waals surface area (Å²) >= 11 is 3.27. The molecule has 1 aliphatic carbocycles. The summed E-state index contributed by atoms with van der Waals surface area (Å²) in [5, 5.41) is 2.67. The van der Waals surface area contributed by atoms with Crippen LogP contribution in [0.1, 0.15) is 25.7 Å². The number of nitrogens with zero attached hydrogens (tertiary/aromatic N) is 1. The lowest BCUT2D eigenvalue weighted by Gasteiger charge is -2.27. The lowest BCUT2D eigenvalue weighted by atomic mass is 9.86. The maximum absolute atomic E-state index is 13.0. The Hall–Kier alpha value is -1.04. The number of carbonyl (C=O) groups is 1. The van der Waals surface area contributed by atoms with Crippen LogP contribution in [0.2, 0.25) is 0 Å². The number of hydrogen-bond acceptors (Lipinski definition) is 2. The fourth-order valence-corrected chi connectivity index (χ4v) is 2.35. The van der Waals surface area contributed by atoms with Crippen molar-refractivity contribution < 1.29 is 13.6 Å². The maximum Gasteiger partial charge on any atom is 0.248 e. The van der Waals surface area contributed by atoms with Crippen LogP contribution in [-0.2, 0) is 4.79 Å². The fraction of sp³-hybridized carbons (Fsp3) is 0.500. The van der Waals surface area contributed by atoms with Crippen molar-refractivity contribution in [3.8, 4) is 0 Å². The summed E-state index contributed by atoms with van der Waals surface area (Å²) in [4.78, 5) is 15.9. The van der Waals surface area contributed by atoms with Gasteiger partial charge in [-0.05, 0) is 40.9 Å². The van der Waals surface area contributed by atoms with E-state index >= 15 is 0 Å². The summed E-state index contributed by atoms with van der Waals surface area (Å²) in [5.41, 5.74) is 0. The molecule has 1 aliphatic rings. The first kappa shape index (κ1) is 13.4. The van der Waals surface area contributed by atoms with Gasteiger partial charge in [-0.1, -0.05) is 0 Å². The fourth-order valence-electron chi connectivity index (χ4n) is 2.00. The van der Waals surface area contributed by atoms with Gasteiger partial charge in [0.05, 0.1) is 4.47 Å². The minimum Gasteiger partial charge on any atom is -0.310 e. The van der Waals surface area contributed by atoms with E-state index in [1.807, 2.05) is 0 Å². The van der Waals surface area contributed by atoms with Crippen LogP contribution in [0.25, 0.3) is 0 Å². The van der Waals surface area contributed by atoms with E-state index in [1.165, 1.54) is 0 Å². The molecule has 0 unspecified atom stereocenters. The van der Waals surface area contributed by atoms with Crippen LogP contribution < -0.4 is 5.32 Å². The maximum atomic E-state index is 13.0. The first-order chi connectivity index (χ1) is 8.48. The molecule has 1 heterocycles. The summed E-state index contributed by atoms with van der Waals surface area (Å²) in [5.74, 6) is -2.76. The molecule has 0 aromatic carbocycles. The molecule has 0 aliphatic heterocycles. The van der Waals surface area contributed by atoms with Crippen molar-refractivity contribution in [2.45, 2.75) is 31.6 Å². The zero-order chi connectivity index (χ0) is 13.2. The van der Waals surface area contributed by atoms with E-state index in [0.717, 1.165) is 0 Å². The van der Waals surface area contributed by atoms with Crippen molar-refractivity contribution in [2.75, 3.05) is 5.32 Å². The zero-order valence-electron chi connectivity index (χ0n) is 9.63. The highest BCUT2D eigenvalue weighted by molar-refractivity contribution is 9.10. The molecule has 3 nitrogen and oxygen atoms in total. The van der Waals surface area contributed by atoms with Crippen LogP contribution in [0.15, 0.2) is 22.8 Å². The van der Waals surface area contributed by atoms with Gasteiger partial charge in [-0.15, -0.1) is 0 Å². The molecule has 1 saturated carbocycles. The standard InChI is InChI=1S/C12H13BrF2N2O/c13-9-2-1-7-16-10(9)17-11(18)8-3-5-12(14,15)6-4-8/h1-2,7-8H,3-6H2,(H,16,17,18). The molecule has 0 radical (unpaired) electrons. The van der Waals surface area contributed by atoms with Gasteiger partial charge in [-0.3, -0.25) is 4.79 Å². The number of rotatable bonds is 2. The van der Waals surface area contributed by atoms with Gasteiger partial charge in [0.1, 0.15) is 5.82 Å². The number of nitrogens with one attached hydrogen (secondary N) is 1. The topological polar surface area (TPSA) is 42.0 Å². The monoisotopic (exact) mass is 318 g/mol. The van der Waals surface area contributed by atoms with Gasteiger partial charge in [0.15, 0.2) is 0 Å². The van der Waals surface area contributed by atoms with Gasteiger partial charge < -0.3 is 5.32 Å². The normalized spacial score (nSPS) is 19.5. The van der Waals surface area contributed by atoms with Gasteiger partial charge >= 0.3 is 0 Å². The molecule has 0 bridgehead atoms. The molecule has 0 saturated heterocycles. The Labute approximate surface area is 112 Å². The molecule has 0 atom stereocenters. The number of pyridine rings is 1. The Morgan fingerprint density at radius 1 is 1.44 bits per heavy atom. The average molecular weight is 319 g/mol. The highest BCUT2D eigenvalue weighted by Gasteiger charge is 2.37. The van der Waals surface area contributed by atoms with Crippen LogP contribution in [0.5, 0.6) is 0 Å². The van der Waals surface area contributed by atoms with E-state index in [4.69, 9.17) is 0 Å². The second-order valence-corrected chi connectivity index (χ2v) is 5.31. The van der Waals surface area contributed by atoms with Gasteiger partial charge in [0.2, 0.25) is 11.8 Å². The Morgan fingerprint density at radius 2 is 2.11 bits per heavy atom. The van der Waals surface area contributed by atoms with Crippen molar-refractivity contribution >= 4 is 27.7 Å². The molecule has 0 spiro atoms. The summed E-state index contributed by atoms with van der Waals surface area (Å²) < 4.78 is 26.6. The lowest BCUT2D eigenvalue weighted by molar-refractivity contribution is -0.124. The van der Waals surface area contributed by atoms with Gasteiger partial charge in [0.25, 0.3) is 0 Å². The molecule has 18 heavy (non-hydrogen) atoms. The van der Waals surface area contributed by atoms with E-state index in [2.05, 4.69) is 26.2 Å². The van der Waals surface area contributed by atoms with E-state index in [0.29, 0.717) is 10.3 Å². The van der Waals surface area contributed by atoms with Gasteiger partial charge in [-0.25, -0.2) is 13.8 Å². The molecular formula is C12H13BrF2N2O. The number of anilines is 1. The van der Waals surface area contributed by atoms with Gasteiger partial charge in [0, 0.05) is 25.0 Å². The van der Waals surface area contributed by atoms with Crippen LogP contribution in [-0.4, -0.2) is 16.8 Å². The SMILES string of the molecule is O=C(Nc1ncccc1Br)C1CCC(F)(F)CC1. The zero-order valence-corrected chi connectivity index (χ0v) is 11.2. The molecular weight excluding hydrogens is 306 g/mol. The van der Waals surface area contributed by atoms with E-state index < -0.39 is 5.92 Å². The van der Waals surface area contributed by atoms with Crippen molar-refractivity contribution in [1.82, 2.24) is 4.98 Å². The van der Waals surface area contributed by atoms with Crippen LogP contribution in [0.4, 0.5) is 14.6 Å². The predicted octanol–water partition coefficient (Wildman–Crippen LogP) is 3.61. The van der Waals surface area contributed by atoms with Crippen molar-refractivity contribution in [2.24, 2.45) is 5.92 Å². The minimum atomic E-state index is -2.61. The second-order valence-electron chi connectivity index (χ2n) is 4.45. The summed E-state index contributed by atoms with van der Waals surface area (Å²) in [7, 11) is 0. The first-order valence-electron chi connectivity index (χ1n) is 5.77. The predicted molar refractivity (Wildman–Crippen MR) is 67.5 cm³/mol. The number of aromatic nitrogens is 1. The molecule has 1 amide bonds. The number of amides is 1. The number of halogens is 3. The quantitative estimate of drug-likeness (QED) is 0.905. The Kier molecular flexibility index (Phi) is 3.94. The summed E-state index contributed by atoms with van der Waals surface area (Å²) in [6.07, 6.45) is 1.59. The third-order valence-corrected chi connectivity index (χ3v) is 3.73. The highest BCUT2D eigenvalue weighted by atomic mass is 79.9. The molecule has 1 fully saturated rings. The van der Waals surface area contributed by atoms with E-state index in [-0.39, 0.29) is 37.5 Å². The third-order valence-electron chi connectivity index (χ3n) is 3.09. The summed E-state index contributed by atoms with van der Waals surface area (Å²) in [6.45, 7) is 0. The van der Waals surface area contributed by atoms with Crippen LogP contribution in [0.3, 0.4) is 0 Å². The second kappa shape index (κ2) is 5.30. The van der Waals surface area contributed by atoms with Crippen molar-refractivity contribution in [1.29, 1.82) is 0 Å². The molecule has 98 valence electrons. The lowest BCUT2D eigenvalue weighted by Crippen LogP contribution is -2.32. The largest absolute Gasteiger partial charge is 0.310 e. The molecule has 6 heteroatoms. The number of hydrogen-bond donors (Lipinski definition) is 1. The number of carbonyl (C=O) groups excluding carboxylic acids is 1. The van der Waals surface area contributed by atoms with Gasteiger partial charge in [-0.2, -0.15) is 0 Å². The molecule has 2 rings (SSSR count). The van der Waals surface area contributed by atoms with Crippen LogP contribution in [0, 0.1) is 5.92 Å². The Balaban J connectivity index is 1.95. The molecule has 1 N–H and O–H groups in total. The molecule has 1 aromatic rings. The van der Waals surface area contributed by atoms with Crippen molar-refractivity contribution in [3.63, 3.8) is 0 Å². The third kappa shape index (κ3) is 3.25. The summed E-state index contributed by atoms with van der Waals surface area (Å²) in [6, 6.07) is 3.50. The van der Waals surface area contributed by atoms with Crippen LogP contribution >= 0.6 is 15.9 Å². The van der Waals surface area contributed by atoms with E-state index in [9.17, 15) is 13.6 Å². The first-order valence-corrected chi connectivity index (χ1v) is 6.56. The minimum absolute atomic E-state index is 0.214.